The van der Waals surface area contributed by atoms with Gasteiger partial charge in [0.05, 0.1) is 0 Å². The molecule has 0 aliphatic rings. The predicted octanol–water partition coefficient (Wildman–Crippen LogP) is 4.78. The smallest absolute Gasteiger partial charge is 0.247 e. The van der Waals surface area contributed by atoms with E-state index in [9.17, 15) is 9.90 Å². The van der Waals surface area contributed by atoms with Crippen LogP contribution in [0.25, 0.3) is 5.57 Å². The molecule has 0 atom stereocenters. The number of rotatable bonds is 5. The van der Waals surface area contributed by atoms with Crippen LogP contribution in [0.5, 0.6) is 5.75 Å². The standard InChI is InChI=1S/C22H27NO2/c1-15(2)23(16(3)4)22(25)14-19(18-9-7-6-8-10-18)20-13-17(5)11-12-21(20)24/h6-16,24H,1-5H3/b19-14+. The monoisotopic (exact) mass is 337 g/mol. The number of aromatic hydroxyl groups is 1. The number of phenolic OH excluding ortho intramolecular Hbond substituents is 1. The minimum Gasteiger partial charge on any atom is -0.507 e. The molecule has 132 valence electrons. The first kappa shape index (κ1) is 18.8. The van der Waals surface area contributed by atoms with Crippen LogP contribution >= 0.6 is 0 Å². The Morgan fingerprint density at radius 3 is 2.16 bits per heavy atom. The summed E-state index contributed by atoms with van der Waals surface area (Å²) in [4.78, 5) is 14.8. The maximum Gasteiger partial charge on any atom is 0.247 e. The molecule has 3 heteroatoms. The second-order valence-electron chi connectivity index (χ2n) is 6.88. The summed E-state index contributed by atoms with van der Waals surface area (Å²) in [7, 11) is 0. The van der Waals surface area contributed by atoms with Crippen molar-refractivity contribution in [3.63, 3.8) is 0 Å². The second-order valence-corrected chi connectivity index (χ2v) is 6.88. The van der Waals surface area contributed by atoms with Gasteiger partial charge in [-0.25, -0.2) is 0 Å². The largest absolute Gasteiger partial charge is 0.507 e. The zero-order valence-corrected chi connectivity index (χ0v) is 15.7. The lowest BCUT2D eigenvalue weighted by atomic mass is 9.95. The first-order valence-electron chi connectivity index (χ1n) is 8.70. The quantitative estimate of drug-likeness (QED) is 0.798. The molecule has 0 spiro atoms. The Hall–Kier alpha value is -2.55. The van der Waals surface area contributed by atoms with Gasteiger partial charge in [0.25, 0.3) is 0 Å². The zero-order chi connectivity index (χ0) is 18.6. The molecule has 0 unspecified atom stereocenters. The number of hydrogen-bond donors (Lipinski definition) is 1. The van der Waals surface area contributed by atoms with Crippen LogP contribution in [0.15, 0.2) is 54.6 Å². The lowest BCUT2D eigenvalue weighted by molar-refractivity contribution is -0.129. The molecule has 0 saturated heterocycles. The van der Waals surface area contributed by atoms with E-state index in [0.717, 1.165) is 16.7 Å². The van der Waals surface area contributed by atoms with E-state index in [0.29, 0.717) is 5.56 Å². The van der Waals surface area contributed by atoms with Crippen molar-refractivity contribution in [2.45, 2.75) is 46.7 Å². The van der Waals surface area contributed by atoms with Crippen molar-refractivity contribution in [1.82, 2.24) is 4.90 Å². The highest BCUT2D eigenvalue weighted by molar-refractivity contribution is 6.00. The number of nitrogens with zero attached hydrogens (tertiary/aromatic N) is 1. The van der Waals surface area contributed by atoms with Crippen LogP contribution in [-0.2, 0) is 4.79 Å². The Morgan fingerprint density at radius 1 is 1.00 bits per heavy atom. The van der Waals surface area contributed by atoms with Gasteiger partial charge in [0.1, 0.15) is 5.75 Å². The SMILES string of the molecule is Cc1ccc(O)c(/C(=C/C(=O)N(C(C)C)C(C)C)c2ccccc2)c1. The number of amides is 1. The van der Waals surface area contributed by atoms with E-state index in [1.54, 1.807) is 12.1 Å². The van der Waals surface area contributed by atoms with Crippen LogP contribution in [0.4, 0.5) is 0 Å². The summed E-state index contributed by atoms with van der Waals surface area (Å²) in [6, 6.07) is 15.4. The summed E-state index contributed by atoms with van der Waals surface area (Å²) in [6.07, 6.45) is 1.64. The zero-order valence-electron chi connectivity index (χ0n) is 15.7. The van der Waals surface area contributed by atoms with Crippen molar-refractivity contribution in [1.29, 1.82) is 0 Å². The summed E-state index contributed by atoms with van der Waals surface area (Å²) in [6.45, 7) is 10.0. The highest BCUT2D eigenvalue weighted by Crippen LogP contribution is 2.31. The Kier molecular flexibility index (Phi) is 6.02. The van der Waals surface area contributed by atoms with Crippen LogP contribution in [-0.4, -0.2) is 28.0 Å². The average Bonchev–Trinajstić information content (AvgIpc) is 2.55. The van der Waals surface area contributed by atoms with Gasteiger partial charge in [-0.15, -0.1) is 0 Å². The third-order valence-electron chi connectivity index (χ3n) is 4.16. The lowest BCUT2D eigenvalue weighted by Gasteiger charge is -2.30. The van der Waals surface area contributed by atoms with Gasteiger partial charge in [0, 0.05) is 23.7 Å². The summed E-state index contributed by atoms with van der Waals surface area (Å²) in [5.41, 5.74) is 3.35. The van der Waals surface area contributed by atoms with E-state index in [4.69, 9.17) is 0 Å². The number of benzene rings is 2. The van der Waals surface area contributed by atoms with Crippen LogP contribution < -0.4 is 0 Å². The summed E-state index contributed by atoms with van der Waals surface area (Å²) in [5, 5.41) is 10.4. The van der Waals surface area contributed by atoms with Crippen LogP contribution in [0, 0.1) is 6.92 Å². The highest BCUT2D eigenvalue weighted by atomic mass is 16.3. The molecule has 0 aromatic heterocycles. The minimum atomic E-state index is -0.0511. The molecule has 0 heterocycles. The molecule has 0 radical (unpaired) electrons. The molecule has 3 nitrogen and oxygen atoms in total. The van der Waals surface area contributed by atoms with E-state index >= 15 is 0 Å². The molecular weight excluding hydrogens is 310 g/mol. The van der Waals surface area contributed by atoms with Crippen molar-refractivity contribution < 1.29 is 9.90 Å². The number of phenols is 1. The third kappa shape index (κ3) is 4.50. The van der Waals surface area contributed by atoms with Crippen LogP contribution in [0.1, 0.15) is 44.4 Å². The molecule has 0 aliphatic carbocycles. The maximum atomic E-state index is 12.9. The van der Waals surface area contributed by atoms with Gasteiger partial charge in [-0.1, -0.05) is 42.0 Å². The lowest BCUT2D eigenvalue weighted by Crippen LogP contribution is -2.41. The molecule has 1 N–H and O–H groups in total. The molecular formula is C22H27NO2. The molecule has 2 aromatic carbocycles. The van der Waals surface area contributed by atoms with Crippen molar-refractivity contribution in [2.75, 3.05) is 0 Å². The van der Waals surface area contributed by atoms with Gasteiger partial charge in [-0.2, -0.15) is 0 Å². The van der Waals surface area contributed by atoms with E-state index in [1.165, 1.54) is 0 Å². The molecule has 0 fully saturated rings. The first-order valence-corrected chi connectivity index (χ1v) is 8.70. The van der Waals surface area contributed by atoms with Crippen molar-refractivity contribution in [3.8, 4) is 5.75 Å². The summed E-state index contributed by atoms with van der Waals surface area (Å²) < 4.78 is 0. The fourth-order valence-electron chi connectivity index (χ4n) is 3.10. The predicted molar refractivity (Wildman–Crippen MR) is 103 cm³/mol. The first-order chi connectivity index (χ1) is 11.8. The highest BCUT2D eigenvalue weighted by Gasteiger charge is 2.20. The molecule has 25 heavy (non-hydrogen) atoms. The molecule has 0 saturated carbocycles. The Bertz CT molecular complexity index is 753. The van der Waals surface area contributed by atoms with Gasteiger partial charge in [-0.05, 0) is 57.9 Å². The van der Waals surface area contributed by atoms with Gasteiger partial charge < -0.3 is 10.0 Å². The van der Waals surface area contributed by atoms with Gasteiger partial charge in [0.15, 0.2) is 0 Å². The second kappa shape index (κ2) is 8.02. The molecule has 0 bridgehead atoms. The molecule has 1 amide bonds. The average molecular weight is 337 g/mol. The number of hydrogen-bond acceptors (Lipinski definition) is 2. The fourth-order valence-corrected chi connectivity index (χ4v) is 3.10. The van der Waals surface area contributed by atoms with Crippen molar-refractivity contribution >= 4 is 11.5 Å². The van der Waals surface area contributed by atoms with E-state index < -0.39 is 0 Å². The Morgan fingerprint density at radius 2 is 1.60 bits per heavy atom. The number of carbonyl (C=O) groups excluding carboxylic acids is 1. The molecule has 2 rings (SSSR count). The number of carbonyl (C=O) groups is 1. The van der Waals surface area contributed by atoms with Crippen LogP contribution in [0.2, 0.25) is 0 Å². The third-order valence-corrected chi connectivity index (χ3v) is 4.16. The van der Waals surface area contributed by atoms with Gasteiger partial charge in [-0.3, -0.25) is 4.79 Å². The fraction of sp³-hybridized carbons (Fsp3) is 0.318. The van der Waals surface area contributed by atoms with E-state index in [1.807, 2.05) is 82.0 Å². The van der Waals surface area contributed by atoms with Gasteiger partial charge in [0.2, 0.25) is 5.91 Å². The Balaban J connectivity index is 2.60. The number of aryl methyl sites for hydroxylation is 1. The topological polar surface area (TPSA) is 40.5 Å². The molecule has 0 aliphatic heterocycles. The van der Waals surface area contributed by atoms with E-state index in [2.05, 4.69) is 0 Å². The normalized spacial score (nSPS) is 11.9. The summed E-state index contributed by atoms with van der Waals surface area (Å²) >= 11 is 0. The minimum absolute atomic E-state index is 0.0511. The van der Waals surface area contributed by atoms with Crippen molar-refractivity contribution in [3.05, 3.63) is 71.3 Å². The Labute approximate surface area is 150 Å². The van der Waals surface area contributed by atoms with Crippen molar-refractivity contribution in [2.24, 2.45) is 0 Å². The van der Waals surface area contributed by atoms with E-state index in [-0.39, 0.29) is 23.7 Å². The van der Waals surface area contributed by atoms with Crippen LogP contribution in [0.3, 0.4) is 0 Å². The summed E-state index contributed by atoms with van der Waals surface area (Å²) in [5.74, 6) is 0.124. The molecule has 2 aromatic rings. The maximum absolute atomic E-state index is 12.9. The van der Waals surface area contributed by atoms with Gasteiger partial charge >= 0.3 is 0 Å².